The molecule has 3 rings (SSSR count). The van der Waals surface area contributed by atoms with Gasteiger partial charge in [-0.15, -0.1) is 11.8 Å². The zero-order chi connectivity index (χ0) is 15.0. The van der Waals surface area contributed by atoms with Crippen LogP contribution in [0.25, 0.3) is 0 Å². The Labute approximate surface area is 128 Å². The van der Waals surface area contributed by atoms with E-state index in [1.54, 1.807) is 16.4 Å². The van der Waals surface area contributed by atoms with Crippen LogP contribution in [0.3, 0.4) is 0 Å². The van der Waals surface area contributed by atoms with Crippen molar-refractivity contribution < 1.29 is 4.79 Å². The zero-order valence-electron chi connectivity index (χ0n) is 12.5. The highest BCUT2D eigenvalue weighted by atomic mass is 32.2. The van der Waals surface area contributed by atoms with Crippen LogP contribution in [0.2, 0.25) is 0 Å². The molecule has 1 amide bonds. The van der Waals surface area contributed by atoms with Gasteiger partial charge in [0.25, 0.3) is 0 Å². The van der Waals surface area contributed by atoms with Gasteiger partial charge < -0.3 is 5.32 Å². The maximum atomic E-state index is 12.7. The van der Waals surface area contributed by atoms with Crippen LogP contribution in [0, 0.1) is 13.8 Å². The number of nitrogens with one attached hydrogen (secondary N) is 1. The Morgan fingerprint density at radius 2 is 2.14 bits per heavy atom. The Kier molecular flexibility index (Phi) is 3.76. The summed E-state index contributed by atoms with van der Waals surface area (Å²) in [6.45, 7) is 3.94. The van der Waals surface area contributed by atoms with Gasteiger partial charge in [-0.05, 0) is 37.1 Å². The molecule has 0 saturated carbocycles. The Morgan fingerprint density at radius 1 is 1.38 bits per heavy atom. The van der Waals surface area contributed by atoms with Crippen molar-refractivity contribution in [2.75, 3.05) is 11.1 Å². The highest BCUT2D eigenvalue weighted by molar-refractivity contribution is 8.00. The van der Waals surface area contributed by atoms with Gasteiger partial charge in [-0.25, -0.2) is 0 Å². The first kappa shape index (κ1) is 14.2. The lowest BCUT2D eigenvalue weighted by atomic mass is 10.0. The van der Waals surface area contributed by atoms with Gasteiger partial charge in [0.1, 0.15) is 11.1 Å². The molecule has 1 N–H and O–H groups in total. The van der Waals surface area contributed by atoms with Crippen LogP contribution in [0.5, 0.6) is 0 Å². The van der Waals surface area contributed by atoms with Crippen LogP contribution in [-0.4, -0.2) is 21.4 Å². The average molecular weight is 301 g/mol. The Bertz CT molecular complexity index is 693. The first-order valence-corrected chi connectivity index (χ1v) is 8.13. The van der Waals surface area contributed by atoms with Crippen LogP contribution in [0.4, 0.5) is 5.82 Å². The number of aryl methyl sites for hydroxylation is 3. The number of hydrogen-bond acceptors (Lipinski definition) is 3. The van der Waals surface area contributed by atoms with Crippen LogP contribution in [-0.2, 0) is 18.3 Å². The number of anilines is 1. The van der Waals surface area contributed by atoms with Crippen LogP contribution in [0.1, 0.15) is 27.6 Å². The molecule has 1 aliphatic rings. The summed E-state index contributed by atoms with van der Waals surface area (Å²) in [5.41, 5.74) is 4.40. The standard InChI is InChI=1S/C16H19N3OS/c1-10-11(2)18-19(3)15(10)17-16(20)14-13-7-5-4-6-12(13)8-9-21-14/h4-7,14H,8-9H2,1-3H3,(H,17,20)/t14-/m0/s1. The number of carbonyl (C=O) groups is 1. The number of thioether (sulfide) groups is 1. The van der Waals surface area contributed by atoms with Gasteiger partial charge in [0.05, 0.1) is 5.69 Å². The van der Waals surface area contributed by atoms with E-state index in [1.807, 2.05) is 33.0 Å². The van der Waals surface area contributed by atoms with Crippen LogP contribution < -0.4 is 5.32 Å². The second kappa shape index (κ2) is 5.56. The molecule has 0 radical (unpaired) electrons. The average Bonchev–Trinajstić information content (AvgIpc) is 2.73. The summed E-state index contributed by atoms with van der Waals surface area (Å²) in [6.07, 6.45) is 1.04. The van der Waals surface area contributed by atoms with Crippen molar-refractivity contribution in [3.05, 3.63) is 46.6 Å². The van der Waals surface area contributed by atoms with E-state index < -0.39 is 0 Å². The summed E-state index contributed by atoms with van der Waals surface area (Å²) in [4.78, 5) is 12.7. The summed E-state index contributed by atoms with van der Waals surface area (Å²) in [5.74, 6) is 1.82. The molecule has 0 fully saturated rings. The third-order valence-corrected chi connectivity index (χ3v) is 5.24. The monoisotopic (exact) mass is 301 g/mol. The normalized spacial score (nSPS) is 17.4. The quantitative estimate of drug-likeness (QED) is 0.927. The number of aromatic nitrogens is 2. The van der Waals surface area contributed by atoms with E-state index in [1.165, 1.54) is 5.56 Å². The Morgan fingerprint density at radius 3 is 2.86 bits per heavy atom. The molecule has 21 heavy (non-hydrogen) atoms. The predicted molar refractivity (Wildman–Crippen MR) is 86.7 cm³/mol. The molecule has 4 nitrogen and oxygen atoms in total. The molecule has 2 aromatic rings. The van der Waals surface area contributed by atoms with Gasteiger partial charge in [0, 0.05) is 12.6 Å². The lowest BCUT2D eigenvalue weighted by Gasteiger charge is -2.24. The van der Waals surface area contributed by atoms with Crippen LogP contribution in [0.15, 0.2) is 24.3 Å². The van der Waals surface area contributed by atoms with Gasteiger partial charge in [-0.1, -0.05) is 24.3 Å². The highest BCUT2D eigenvalue weighted by Gasteiger charge is 2.27. The Balaban J connectivity index is 1.87. The number of benzene rings is 1. The summed E-state index contributed by atoms with van der Waals surface area (Å²) in [5, 5.41) is 7.26. The highest BCUT2D eigenvalue weighted by Crippen LogP contribution is 2.37. The molecule has 110 valence electrons. The van der Waals surface area contributed by atoms with E-state index in [4.69, 9.17) is 0 Å². The van der Waals surface area contributed by atoms with E-state index in [-0.39, 0.29) is 11.2 Å². The van der Waals surface area contributed by atoms with Crippen LogP contribution >= 0.6 is 11.8 Å². The predicted octanol–water partition coefficient (Wildman–Crippen LogP) is 3.01. The molecule has 0 saturated heterocycles. The number of hydrogen-bond donors (Lipinski definition) is 1. The number of fused-ring (bicyclic) bond motifs is 1. The molecule has 1 aliphatic heterocycles. The maximum absolute atomic E-state index is 12.7. The molecule has 0 bridgehead atoms. The minimum atomic E-state index is -0.135. The molecule has 0 aliphatic carbocycles. The third-order valence-electron chi connectivity index (χ3n) is 3.99. The van der Waals surface area contributed by atoms with Crippen molar-refractivity contribution >= 4 is 23.5 Å². The van der Waals surface area contributed by atoms with Crippen molar-refractivity contribution in [2.45, 2.75) is 25.5 Å². The largest absolute Gasteiger partial charge is 0.309 e. The van der Waals surface area contributed by atoms with Gasteiger partial charge in [0.15, 0.2) is 0 Å². The first-order valence-electron chi connectivity index (χ1n) is 7.08. The molecular formula is C16H19N3OS. The van der Waals surface area contributed by atoms with E-state index in [2.05, 4.69) is 22.5 Å². The van der Waals surface area contributed by atoms with E-state index in [0.717, 1.165) is 34.8 Å². The SMILES string of the molecule is Cc1nn(C)c(NC(=O)[C@H]2SCCc3ccccc32)c1C. The molecule has 5 heteroatoms. The molecule has 0 spiro atoms. The first-order chi connectivity index (χ1) is 10.1. The fourth-order valence-corrected chi connectivity index (χ4v) is 3.93. The fraction of sp³-hybridized carbons (Fsp3) is 0.375. The summed E-state index contributed by atoms with van der Waals surface area (Å²) in [7, 11) is 1.86. The molecule has 1 aromatic carbocycles. The number of carbonyl (C=O) groups excluding carboxylic acids is 1. The second-order valence-corrected chi connectivity index (χ2v) is 6.58. The number of rotatable bonds is 2. The fourth-order valence-electron chi connectivity index (χ4n) is 2.73. The zero-order valence-corrected chi connectivity index (χ0v) is 13.3. The van der Waals surface area contributed by atoms with Gasteiger partial charge >= 0.3 is 0 Å². The molecular weight excluding hydrogens is 282 g/mol. The van der Waals surface area contributed by atoms with Crippen molar-refractivity contribution in [1.82, 2.24) is 9.78 Å². The molecule has 1 aromatic heterocycles. The minimum Gasteiger partial charge on any atom is -0.309 e. The molecule has 1 atom stereocenters. The smallest absolute Gasteiger partial charge is 0.243 e. The van der Waals surface area contributed by atoms with Crippen molar-refractivity contribution in [3.8, 4) is 0 Å². The molecule has 2 heterocycles. The lowest BCUT2D eigenvalue weighted by Crippen LogP contribution is -2.24. The summed E-state index contributed by atoms with van der Waals surface area (Å²) < 4.78 is 1.74. The summed E-state index contributed by atoms with van der Waals surface area (Å²) >= 11 is 1.71. The Hall–Kier alpha value is -1.75. The van der Waals surface area contributed by atoms with E-state index in [9.17, 15) is 4.79 Å². The summed E-state index contributed by atoms with van der Waals surface area (Å²) in [6, 6.07) is 8.23. The van der Waals surface area contributed by atoms with Gasteiger partial charge in [-0.2, -0.15) is 5.10 Å². The number of amides is 1. The van der Waals surface area contributed by atoms with Gasteiger partial charge in [0.2, 0.25) is 5.91 Å². The van der Waals surface area contributed by atoms with Gasteiger partial charge in [-0.3, -0.25) is 9.48 Å². The van der Waals surface area contributed by atoms with Crippen molar-refractivity contribution in [3.63, 3.8) is 0 Å². The second-order valence-electron chi connectivity index (χ2n) is 5.37. The van der Waals surface area contributed by atoms with E-state index >= 15 is 0 Å². The topological polar surface area (TPSA) is 46.9 Å². The molecule has 0 unspecified atom stereocenters. The third kappa shape index (κ3) is 2.58. The number of nitrogens with zero attached hydrogens (tertiary/aromatic N) is 2. The lowest BCUT2D eigenvalue weighted by molar-refractivity contribution is -0.115. The van der Waals surface area contributed by atoms with Crippen molar-refractivity contribution in [2.24, 2.45) is 7.05 Å². The minimum absolute atomic E-state index is 0.0400. The van der Waals surface area contributed by atoms with Crippen molar-refractivity contribution in [1.29, 1.82) is 0 Å². The van der Waals surface area contributed by atoms with E-state index in [0.29, 0.717) is 0 Å². The maximum Gasteiger partial charge on any atom is 0.243 e.